The summed E-state index contributed by atoms with van der Waals surface area (Å²) < 4.78 is 0. The first kappa shape index (κ1) is 7.63. The molecule has 0 aliphatic heterocycles. The van der Waals surface area contributed by atoms with Crippen molar-refractivity contribution in [3.8, 4) is 0 Å². The lowest BCUT2D eigenvalue weighted by atomic mass is 9.99. The van der Waals surface area contributed by atoms with Crippen molar-refractivity contribution < 1.29 is 0 Å². The maximum absolute atomic E-state index is 3.23. The van der Waals surface area contributed by atoms with Crippen molar-refractivity contribution in [1.29, 1.82) is 0 Å². The van der Waals surface area contributed by atoms with Crippen molar-refractivity contribution >= 4 is 0 Å². The molecule has 1 aliphatic rings. The van der Waals surface area contributed by atoms with Gasteiger partial charge in [-0.3, -0.25) is 0 Å². The molecule has 0 radical (unpaired) electrons. The van der Waals surface area contributed by atoms with Crippen molar-refractivity contribution in [2.45, 2.75) is 39.0 Å². The van der Waals surface area contributed by atoms with Gasteiger partial charge in [0.05, 0.1) is 0 Å². The molecule has 0 aromatic rings. The van der Waals surface area contributed by atoms with Gasteiger partial charge in [0, 0.05) is 0 Å². The number of rotatable bonds is 2. The zero-order valence-corrected chi connectivity index (χ0v) is 6.77. The monoisotopic (exact) mass is 136 g/mol. The molecule has 1 aliphatic carbocycles. The minimum atomic E-state index is 0.823. The molecule has 0 spiro atoms. The molecule has 0 bridgehead atoms. The Morgan fingerprint density at radius 2 is 2.50 bits per heavy atom. The highest BCUT2D eigenvalue weighted by molar-refractivity contribution is 4.92. The summed E-state index contributed by atoms with van der Waals surface area (Å²) in [6.07, 6.45) is 11.0. The lowest BCUT2D eigenvalue weighted by Gasteiger charge is -2.06. The van der Waals surface area contributed by atoms with E-state index in [2.05, 4.69) is 24.8 Å². The van der Waals surface area contributed by atoms with E-state index in [1.54, 1.807) is 0 Å². The molecule has 0 fully saturated rings. The molecule has 1 atom stereocenters. The number of allylic oxidation sites excluding steroid dienone is 1. The van der Waals surface area contributed by atoms with E-state index in [1.165, 1.54) is 32.1 Å². The predicted octanol–water partition coefficient (Wildman–Crippen LogP) is 3.30. The summed E-state index contributed by atoms with van der Waals surface area (Å²) in [5.41, 5.74) is 3.23. The molecular formula is C10H16. The summed E-state index contributed by atoms with van der Waals surface area (Å²) >= 11 is 0. The highest BCUT2D eigenvalue weighted by Crippen LogP contribution is 2.17. The van der Waals surface area contributed by atoms with Gasteiger partial charge < -0.3 is 0 Å². The van der Waals surface area contributed by atoms with Crippen LogP contribution in [0.5, 0.6) is 0 Å². The normalized spacial score (nSPS) is 24.7. The predicted molar refractivity (Wildman–Crippen MR) is 44.9 cm³/mol. The Balaban J connectivity index is 2.36. The van der Waals surface area contributed by atoms with Crippen LogP contribution in [0.2, 0.25) is 0 Å². The van der Waals surface area contributed by atoms with Gasteiger partial charge in [-0.1, -0.05) is 13.3 Å². The Morgan fingerprint density at radius 1 is 1.60 bits per heavy atom. The van der Waals surface area contributed by atoms with Crippen LogP contribution in [-0.4, -0.2) is 0 Å². The maximum atomic E-state index is 3.23. The third kappa shape index (κ3) is 2.41. The summed E-state index contributed by atoms with van der Waals surface area (Å²) in [6.45, 7) is 2.25. The highest BCUT2D eigenvalue weighted by Gasteiger charge is 2.03. The van der Waals surface area contributed by atoms with E-state index < -0.39 is 0 Å². The lowest BCUT2D eigenvalue weighted by molar-refractivity contribution is 0.524. The van der Waals surface area contributed by atoms with Gasteiger partial charge in [-0.05, 0) is 43.8 Å². The maximum Gasteiger partial charge on any atom is -0.0158 e. The van der Waals surface area contributed by atoms with Crippen LogP contribution in [0.1, 0.15) is 39.0 Å². The van der Waals surface area contributed by atoms with Crippen LogP contribution in [0, 0.1) is 5.92 Å². The molecule has 1 unspecified atom stereocenters. The van der Waals surface area contributed by atoms with Crippen LogP contribution in [0.3, 0.4) is 0 Å². The molecule has 1 rings (SSSR count). The van der Waals surface area contributed by atoms with Crippen LogP contribution in [-0.2, 0) is 0 Å². The molecule has 0 heteroatoms. The van der Waals surface area contributed by atoms with Gasteiger partial charge in [-0.2, -0.15) is 0 Å². The minimum Gasteiger partial charge on any atom is -0.129 e. The summed E-state index contributed by atoms with van der Waals surface area (Å²) in [4.78, 5) is 0. The molecule has 0 aromatic carbocycles. The Hall–Kier alpha value is -0.480. The molecule has 0 saturated carbocycles. The Labute approximate surface area is 63.6 Å². The second kappa shape index (κ2) is 4.35. The van der Waals surface area contributed by atoms with Crippen molar-refractivity contribution in [2.24, 2.45) is 5.92 Å². The van der Waals surface area contributed by atoms with Crippen LogP contribution in [0.15, 0.2) is 17.9 Å². The largest absolute Gasteiger partial charge is 0.129 e. The van der Waals surface area contributed by atoms with Gasteiger partial charge in [-0.25, -0.2) is 0 Å². The van der Waals surface area contributed by atoms with Crippen LogP contribution >= 0.6 is 0 Å². The molecular weight excluding hydrogens is 120 g/mol. The van der Waals surface area contributed by atoms with Gasteiger partial charge in [-0.15, -0.1) is 5.73 Å². The first-order valence-electron chi connectivity index (χ1n) is 4.34. The second-order valence-electron chi connectivity index (χ2n) is 3.02. The van der Waals surface area contributed by atoms with Crippen molar-refractivity contribution in [1.82, 2.24) is 0 Å². The second-order valence-corrected chi connectivity index (χ2v) is 3.02. The highest BCUT2D eigenvalue weighted by atomic mass is 14.1. The standard InChI is InChI=1S/C10H16/c1-2-7-10-8-5-3-4-6-9-10/h3,8,10H,2,4,6-7,9H2,1H3. The zero-order chi connectivity index (χ0) is 7.23. The first-order chi connectivity index (χ1) is 4.93. The smallest absolute Gasteiger partial charge is 0.0158 e. The van der Waals surface area contributed by atoms with Gasteiger partial charge in [0.1, 0.15) is 0 Å². The lowest BCUT2D eigenvalue weighted by Crippen LogP contribution is -1.93. The zero-order valence-electron chi connectivity index (χ0n) is 6.77. The van der Waals surface area contributed by atoms with Gasteiger partial charge >= 0.3 is 0 Å². The van der Waals surface area contributed by atoms with Crippen molar-refractivity contribution in [3.05, 3.63) is 17.9 Å². The third-order valence-corrected chi connectivity index (χ3v) is 2.03. The van der Waals surface area contributed by atoms with Crippen LogP contribution in [0.4, 0.5) is 0 Å². The summed E-state index contributed by atoms with van der Waals surface area (Å²) in [5, 5.41) is 0. The van der Waals surface area contributed by atoms with Crippen LogP contribution < -0.4 is 0 Å². The molecule has 0 nitrogen and oxygen atoms in total. The van der Waals surface area contributed by atoms with E-state index in [-0.39, 0.29) is 0 Å². The topological polar surface area (TPSA) is 0 Å². The molecule has 56 valence electrons. The van der Waals surface area contributed by atoms with E-state index >= 15 is 0 Å². The van der Waals surface area contributed by atoms with Gasteiger partial charge in [0.15, 0.2) is 0 Å². The summed E-state index contributed by atoms with van der Waals surface area (Å²) in [6, 6.07) is 0. The average Bonchev–Trinajstić information content (AvgIpc) is 2.17. The van der Waals surface area contributed by atoms with E-state index in [9.17, 15) is 0 Å². The molecule has 0 aromatic heterocycles. The van der Waals surface area contributed by atoms with Gasteiger partial charge in [0.25, 0.3) is 0 Å². The Bertz CT molecular complexity index is 136. The Kier molecular flexibility index (Phi) is 3.32. The quantitative estimate of drug-likeness (QED) is 0.511. The summed E-state index contributed by atoms with van der Waals surface area (Å²) in [7, 11) is 0. The fourth-order valence-electron chi connectivity index (χ4n) is 1.45. The molecule has 10 heavy (non-hydrogen) atoms. The number of hydrogen-bond acceptors (Lipinski definition) is 0. The fraction of sp³-hybridized carbons (Fsp3) is 0.700. The molecule has 0 heterocycles. The van der Waals surface area contributed by atoms with E-state index in [0.29, 0.717) is 0 Å². The van der Waals surface area contributed by atoms with E-state index in [0.717, 1.165) is 5.92 Å². The average molecular weight is 136 g/mol. The van der Waals surface area contributed by atoms with Crippen molar-refractivity contribution in [3.63, 3.8) is 0 Å². The van der Waals surface area contributed by atoms with Gasteiger partial charge in [0.2, 0.25) is 0 Å². The minimum absolute atomic E-state index is 0.823. The Morgan fingerprint density at radius 3 is 3.30 bits per heavy atom. The molecule has 0 amide bonds. The first-order valence-corrected chi connectivity index (χ1v) is 4.34. The third-order valence-electron chi connectivity index (χ3n) is 2.03. The van der Waals surface area contributed by atoms with E-state index in [4.69, 9.17) is 0 Å². The SMILES string of the molecule is CCCC1C=C=CCCC1. The summed E-state index contributed by atoms with van der Waals surface area (Å²) in [5.74, 6) is 0.823. The fourth-order valence-corrected chi connectivity index (χ4v) is 1.45. The van der Waals surface area contributed by atoms with E-state index in [1.807, 2.05) is 0 Å². The molecule has 0 N–H and O–H groups in total. The van der Waals surface area contributed by atoms with Crippen molar-refractivity contribution in [2.75, 3.05) is 0 Å². The molecule has 0 saturated heterocycles. The number of hydrogen-bond donors (Lipinski definition) is 0. The van der Waals surface area contributed by atoms with Crippen LogP contribution in [0.25, 0.3) is 0 Å².